The number of aryl methyl sites for hydroxylation is 4. The highest BCUT2D eigenvalue weighted by Crippen LogP contribution is 2.32. The van der Waals surface area contributed by atoms with Crippen LogP contribution in [-0.4, -0.2) is 33.7 Å². The molecule has 1 aliphatic rings. The summed E-state index contributed by atoms with van der Waals surface area (Å²) in [5.74, 6) is -0.288. The molecule has 1 unspecified atom stereocenters. The number of benzene rings is 2. The van der Waals surface area contributed by atoms with E-state index in [-0.39, 0.29) is 18.2 Å². The molecule has 1 saturated heterocycles. The van der Waals surface area contributed by atoms with Gasteiger partial charge in [0.25, 0.3) is 0 Å². The van der Waals surface area contributed by atoms with E-state index in [1.54, 1.807) is 11.0 Å². The number of amidine groups is 1. The number of thioether (sulfide) groups is 1. The number of nitrogens with one attached hydrogen (secondary N) is 1. The summed E-state index contributed by atoms with van der Waals surface area (Å²) in [6.45, 7) is 12.1. The summed E-state index contributed by atoms with van der Waals surface area (Å²) in [5, 5.41) is 3.07. The van der Waals surface area contributed by atoms with E-state index in [1.165, 1.54) is 11.8 Å². The molecule has 0 radical (unpaired) electrons. The molecule has 0 saturated carbocycles. The maximum absolute atomic E-state index is 12.9. The molecule has 1 atom stereocenters. The van der Waals surface area contributed by atoms with Crippen molar-refractivity contribution in [3.05, 3.63) is 71.3 Å². The number of amides is 2. The monoisotopic (exact) mass is 421 g/mol. The SMILES string of the molecule is C=CCN1C(=O)C(CC(=O)Nc2c(C)cccc2C)SC1=Nc1cc(C)cc(C)c1. The Balaban J connectivity index is 1.79. The average molecular weight is 422 g/mol. The van der Waals surface area contributed by atoms with Crippen LogP contribution in [0, 0.1) is 27.7 Å². The van der Waals surface area contributed by atoms with Crippen LogP contribution in [0.4, 0.5) is 11.4 Å². The van der Waals surface area contributed by atoms with Gasteiger partial charge in [0.05, 0.1) is 5.69 Å². The smallest absolute Gasteiger partial charge is 0.242 e. The first-order chi connectivity index (χ1) is 14.3. The molecule has 2 amide bonds. The van der Waals surface area contributed by atoms with Gasteiger partial charge in [-0.15, -0.1) is 6.58 Å². The van der Waals surface area contributed by atoms with Gasteiger partial charge in [0.1, 0.15) is 5.25 Å². The van der Waals surface area contributed by atoms with Crippen LogP contribution >= 0.6 is 11.8 Å². The number of hydrogen-bond acceptors (Lipinski definition) is 4. The van der Waals surface area contributed by atoms with Gasteiger partial charge in [-0.25, -0.2) is 4.99 Å². The molecule has 0 spiro atoms. The van der Waals surface area contributed by atoms with Crippen molar-refractivity contribution in [2.75, 3.05) is 11.9 Å². The van der Waals surface area contributed by atoms with E-state index < -0.39 is 5.25 Å². The Morgan fingerprint density at radius 2 is 1.80 bits per heavy atom. The predicted molar refractivity (Wildman–Crippen MR) is 125 cm³/mol. The lowest BCUT2D eigenvalue weighted by atomic mass is 10.1. The Labute approximate surface area is 182 Å². The van der Waals surface area contributed by atoms with E-state index in [0.717, 1.165) is 33.6 Å². The topological polar surface area (TPSA) is 61.8 Å². The summed E-state index contributed by atoms with van der Waals surface area (Å²) in [4.78, 5) is 31.9. The number of hydrogen-bond donors (Lipinski definition) is 1. The maximum atomic E-state index is 12.9. The van der Waals surface area contributed by atoms with Gasteiger partial charge in [0, 0.05) is 18.7 Å². The van der Waals surface area contributed by atoms with Gasteiger partial charge in [-0.05, 0) is 62.1 Å². The molecule has 2 aromatic rings. The zero-order valence-corrected chi connectivity index (χ0v) is 18.7. The van der Waals surface area contributed by atoms with Crippen molar-refractivity contribution in [3.63, 3.8) is 0 Å². The fourth-order valence-corrected chi connectivity index (χ4v) is 4.69. The minimum atomic E-state index is -0.501. The van der Waals surface area contributed by atoms with Crippen molar-refractivity contribution in [1.29, 1.82) is 0 Å². The van der Waals surface area contributed by atoms with Crippen LogP contribution in [0.15, 0.2) is 54.0 Å². The zero-order valence-electron chi connectivity index (χ0n) is 17.9. The van der Waals surface area contributed by atoms with Gasteiger partial charge in [0.2, 0.25) is 11.8 Å². The normalized spacial score (nSPS) is 17.5. The Morgan fingerprint density at radius 3 is 2.40 bits per heavy atom. The van der Waals surface area contributed by atoms with Crippen LogP contribution in [0.2, 0.25) is 0 Å². The quantitative estimate of drug-likeness (QED) is 0.663. The lowest BCUT2D eigenvalue weighted by Gasteiger charge is -2.14. The van der Waals surface area contributed by atoms with Gasteiger partial charge in [-0.2, -0.15) is 0 Å². The first-order valence-corrected chi connectivity index (χ1v) is 10.8. The molecular formula is C24H27N3O2S. The fraction of sp³-hybridized carbons (Fsp3) is 0.292. The van der Waals surface area contributed by atoms with Crippen molar-refractivity contribution in [2.45, 2.75) is 39.4 Å². The van der Waals surface area contributed by atoms with E-state index in [4.69, 9.17) is 4.99 Å². The molecule has 1 N–H and O–H groups in total. The standard InChI is InChI=1S/C24H27N3O2S/c1-6-10-27-23(29)20(14-21(28)26-22-17(4)8-7-9-18(22)5)30-24(27)25-19-12-15(2)11-16(3)13-19/h6-9,11-13,20H,1,10,14H2,2-5H3,(H,26,28). The first kappa shape index (κ1) is 21.8. The number of anilines is 1. The molecule has 1 aliphatic heterocycles. The molecule has 30 heavy (non-hydrogen) atoms. The summed E-state index contributed by atoms with van der Waals surface area (Å²) in [6.07, 6.45) is 1.77. The number of rotatable bonds is 6. The molecule has 156 valence electrons. The molecule has 1 fully saturated rings. The minimum Gasteiger partial charge on any atom is -0.326 e. The van der Waals surface area contributed by atoms with Crippen LogP contribution in [-0.2, 0) is 9.59 Å². The van der Waals surface area contributed by atoms with E-state index in [1.807, 2.05) is 58.0 Å². The van der Waals surface area contributed by atoms with Gasteiger partial charge in [-0.3, -0.25) is 14.5 Å². The fourth-order valence-electron chi connectivity index (χ4n) is 3.52. The number of carbonyl (C=O) groups excluding carboxylic acids is 2. The maximum Gasteiger partial charge on any atom is 0.242 e. The van der Waals surface area contributed by atoms with Gasteiger partial charge < -0.3 is 5.32 Å². The molecule has 5 nitrogen and oxygen atoms in total. The zero-order chi connectivity index (χ0) is 21.8. The van der Waals surface area contributed by atoms with E-state index in [0.29, 0.717) is 11.7 Å². The molecule has 0 aromatic heterocycles. The molecular weight excluding hydrogens is 394 g/mol. The van der Waals surface area contributed by atoms with Crippen molar-refractivity contribution >= 4 is 40.1 Å². The second kappa shape index (κ2) is 9.30. The highest BCUT2D eigenvalue weighted by Gasteiger charge is 2.38. The van der Waals surface area contributed by atoms with Crippen LogP contribution < -0.4 is 5.32 Å². The molecule has 1 heterocycles. The minimum absolute atomic E-state index is 0.0940. The second-order valence-corrected chi connectivity index (χ2v) is 8.77. The third-order valence-corrected chi connectivity index (χ3v) is 6.05. The van der Waals surface area contributed by atoms with Gasteiger partial charge in [-0.1, -0.05) is 42.1 Å². The predicted octanol–water partition coefficient (Wildman–Crippen LogP) is 5.07. The third-order valence-electron chi connectivity index (χ3n) is 4.88. The van der Waals surface area contributed by atoms with Gasteiger partial charge in [0.15, 0.2) is 5.17 Å². The summed E-state index contributed by atoms with van der Waals surface area (Å²) in [6, 6.07) is 11.9. The van der Waals surface area contributed by atoms with Crippen molar-refractivity contribution < 1.29 is 9.59 Å². The van der Waals surface area contributed by atoms with E-state index in [2.05, 4.69) is 18.0 Å². The number of carbonyl (C=O) groups is 2. The summed E-state index contributed by atoms with van der Waals surface area (Å²) in [7, 11) is 0. The molecule has 0 aliphatic carbocycles. The lowest BCUT2D eigenvalue weighted by Crippen LogP contribution is -2.33. The molecule has 0 bridgehead atoms. The number of nitrogens with zero attached hydrogens (tertiary/aromatic N) is 2. The molecule has 2 aromatic carbocycles. The molecule has 6 heteroatoms. The highest BCUT2D eigenvalue weighted by atomic mass is 32.2. The average Bonchev–Trinajstić information content (AvgIpc) is 2.93. The number of aliphatic imine (C=N–C) groups is 1. The van der Waals surface area contributed by atoms with Crippen LogP contribution in [0.1, 0.15) is 28.7 Å². The van der Waals surface area contributed by atoms with Crippen molar-refractivity contribution in [3.8, 4) is 0 Å². The van der Waals surface area contributed by atoms with Crippen molar-refractivity contribution in [2.24, 2.45) is 4.99 Å². The van der Waals surface area contributed by atoms with E-state index >= 15 is 0 Å². The second-order valence-electron chi connectivity index (χ2n) is 7.60. The van der Waals surface area contributed by atoms with Crippen LogP contribution in [0.3, 0.4) is 0 Å². The van der Waals surface area contributed by atoms with E-state index in [9.17, 15) is 9.59 Å². The summed E-state index contributed by atoms with van der Waals surface area (Å²) >= 11 is 1.34. The summed E-state index contributed by atoms with van der Waals surface area (Å²) < 4.78 is 0. The van der Waals surface area contributed by atoms with Gasteiger partial charge >= 0.3 is 0 Å². The Kier molecular flexibility index (Phi) is 6.77. The first-order valence-electron chi connectivity index (χ1n) is 9.90. The Morgan fingerprint density at radius 1 is 1.17 bits per heavy atom. The highest BCUT2D eigenvalue weighted by molar-refractivity contribution is 8.15. The largest absolute Gasteiger partial charge is 0.326 e. The van der Waals surface area contributed by atoms with Crippen LogP contribution in [0.25, 0.3) is 0 Å². The third kappa shape index (κ3) is 5.00. The number of para-hydroxylation sites is 1. The van der Waals surface area contributed by atoms with Crippen LogP contribution in [0.5, 0.6) is 0 Å². The summed E-state index contributed by atoms with van der Waals surface area (Å²) in [5.41, 5.74) is 5.84. The molecule has 3 rings (SSSR count). The lowest BCUT2D eigenvalue weighted by molar-refractivity contribution is -0.127. The van der Waals surface area contributed by atoms with Crippen molar-refractivity contribution in [1.82, 2.24) is 4.90 Å². The Bertz CT molecular complexity index is 989. The Hall–Kier alpha value is -2.86.